The number of aliphatic carboxylic acids is 2. The van der Waals surface area contributed by atoms with Crippen LogP contribution in [0.2, 0.25) is 0 Å². The van der Waals surface area contributed by atoms with Crippen molar-refractivity contribution in [1.82, 2.24) is 0 Å². The van der Waals surface area contributed by atoms with Gasteiger partial charge in [0.1, 0.15) is 0 Å². The molecule has 206 valence electrons. The van der Waals surface area contributed by atoms with Gasteiger partial charge in [0.2, 0.25) is 12.2 Å². The molecular weight excluding hydrogens is 492 g/mol. The Morgan fingerprint density at radius 3 is 2.10 bits per heavy atom. The maximum absolute atomic E-state index is 11.8. The summed E-state index contributed by atoms with van der Waals surface area (Å²) in [7, 11) is 7.92. The van der Waals surface area contributed by atoms with Crippen molar-refractivity contribution in [2.24, 2.45) is 0 Å². The lowest BCUT2D eigenvalue weighted by Crippen LogP contribution is -2.38. The number of carboxylic acid groups (broad SMARTS) is 2. The summed E-state index contributed by atoms with van der Waals surface area (Å²) in [5.41, 5.74) is 6.71. The van der Waals surface area contributed by atoms with Crippen LogP contribution in [0.3, 0.4) is 0 Å². The number of carboxylic acids is 2. The van der Waals surface area contributed by atoms with Gasteiger partial charge in [0.15, 0.2) is 5.71 Å². The lowest BCUT2D eigenvalue weighted by Gasteiger charge is -2.27. The fraction of sp³-hybridized carbons (Fsp3) is 0.387. The normalized spacial score (nSPS) is 18.1. The van der Waals surface area contributed by atoms with E-state index in [0.717, 1.165) is 45.3 Å². The molecule has 0 fully saturated rings. The second-order valence-corrected chi connectivity index (χ2v) is 11.7. The Balaban J connectivity index is 1.81. The molecule has 0 radical (unpaired) electrons. The molecule has 0 atom stereocenters. The number of fused-ring (bicyclic) bond motifs is 2. The monoisotopic (exact) mass is 530 g/mol. The van der Waals surface area contributed by atoms with Crippen molar-refractivity contribution in [3.05, 3.63) is 71.5 Å². The number of nitrogens with zero attached hydrogens (tertiary/aromatic N) is 4. The highest BCUT2D eigenvalue weighted by Crippen LogP contribution is 2.49. The van der Waals surface area contributed by atoms with Crippen LogP contribution in [-0.4, -0.2) is 68.6 Å². The van der Waals surface area contributed by atoms with Gasteiger partial charge < -0.3 is 29.7 Å². The average Bonchev–Trinajstić information content (AvgIpc) is 3.17. The number of carbonyl (C=O) groups excluding carboxylic acids is 1. The molecule has 8 heteroatoms. The number of hydrogen-bond acceptors (Lipinski definition) is 6. The van der Waals surface area contributed by atoms with Gasteiger partial charge in [0, 0.05) is 74.1 Å². The van der Waals surface area contributed by atoms with E-state index in [-0.39, 0.29) is 13.1 Å². The minimum atomic E-state index is -1.16. The summed E-state index contributed by atoms with van der Waals surface area (Å²) in [6, 6.07) is 12.1. The zero-order valence-electron chi connectivity index (χ0n) is 24.1. The third-order valence-corrected chi connectivity index (χ3v) is 7.87. The van der Waals surface area contributed by atoms with Gasteiger partial charge in [0.05, 0.1) is 17.9 Å². The fourth-order valence-electron chi connectivity index (χ4n) is 5.72. The van der Waals surface area contributed by atoms with Crippen molar-refractivity contribution >= 4 is 40.4 Å². The molecule has 0 amide bonds. The Morgan fingerprint density at radius 2 is 1.54 bits per heavy atom. The Bertz CT molecular complexity index is 1430. The predicted molar refractivity (Wildman–Crippen MR) is 155 cm³/mol. The van der Waals surface area contributed by atoms with E-state index in [1.54, 1.807) is 4.90 Å². The summed E-state index contributed by atoms with van der Waals surface area (Å²) >= 11 is 0. The van der Waals surface area contributed by atoms with Crippen molar-refractivity contribution in [3.8, 4) is 0 Å². The van der Waals surface area contributed by atoms with E-state index in [9.17, 15) is 19.8 Å². The molecule has 2 heterocycles. The van der Waals surface area contributed by atoms with Gasteiger partial charge in [0.25, 0.3) is 0 Å². The highest BCUT2D eigenvalue weighted by Gasteiger charge is 2.45. The van der Waals surface area contributed by atoms with Crippen LogP contribution in [0.1, 0.15) is 38.8 Å². The van der Waals surface area contributed by atoms with Gasteiger partial charge in [-0.05, 0) is 55.8 Å². The Hall–Kier alpha value is -4.07. The third-order valence-electron chi connectivity index (χ3n) is 7.87. The van der Waals surface area contributed by atoms with E-state index in [2.05, 4.69) is 39.8 Å². The summed E-state index contributed by atoms with van der Waals surface area (Å²) in [6.07, 6.45) is 5.80. The van der Waals surface area contributed by atoms with Gasteiger partial charge in [-0.3, -0.25) is 0 Å². The summed E-state index contributed by atoms with van der Waals surface area (Å²) in [4.78, 5) is 29.4. The van der Waals surface area contributed by atoms with Gasteiger partial charge in [-0.2, -0.15) is 4.58 Å². The summed E-state index contributed by atoms with van der Waals surface area (Å²) in [6.45, 7) is 7.95. The lowest BCUT2D eigenvalue weighted by molar-refractivity contribution is -0.428. The molecule has 0 bridgehead atoms. The van der Waals surface area contributed by atoms with Gasteiger partial charge in [-0.25, -0.2) is 4.79 Å². The standard InChI is InChI=1S/C31H38N4O4/c1-30(2)22-16-20(32(5)6)12-14-24(22)34(18-28(36)37)26(30)10-9-11-27-31(3,4)23-17-21(33(7)8)13-15-25(23)35(27)19-29(38)39/h9-17H,18-19H2,1-8H3,(H-,36,37,38,39). The first-order valence-electron chi connectivity index (χ1n) is 13.0. The summed E-state index contributed by atoms with van der Waals surface area (Å²) in [5.74, 6) is -2.07. The Kier molecular flexibility index (Phi) is 7.10. The van der Waals surface area contributed by atoms with E-state index in [4.69, 9.17) is 0 Å². The molecule has 0 spiro atoms. The first kappa shape index (κ1) is 28.0. The van der Waals surface area contributed by atoms with Crippen molar-refractivity contribution < 1.29 is 24.4 Å². The van der Waals surface area contributed by atoms with Crippen molar-refractivity contribution in [3.63, 3.8) is 0 Å². The van der Waals surface area contributed by atoms with Gasteiger partial charge >= 0.3 is 5.97 Å². The maximum atomic E-state index is 11.8. The van der Waals surface area contributed by atoms with Crippen LogP contribution in [0.15, 0.2) is 60.3 Å². The van der Waals surface area contributed by atoms with Crippen molar-refractivity contribution in [2.75, 3.05) is 56.0 Å². The molecule has 0 saturated carbocycles. The average molecular weight is 531 g/mol. The Morgan fingerprint density at radius 1 is 0.949 bits per heavy atom. The molecule has 0 aromatic heterocycles. The minimum absolute atomic E-state index is 0.158. The molecule has 4 rings (SSSR count). The highest BCUT2D eigenvalue weighted by atomic mass is 16.4. The van der Waals surface area contributed by atoms with Crippen LogP contribution < -0.4 is 19.8 Å². The van der Waals surface area contributed by atoms with Gasteiger partial charge in [-0.15, -0.1) is 0 Å². The molecule has 0 saturated heterocycles. The highest BCUT2D eigenvalue weighted by molar-refractivity contribution is 6.04. The molecule has 2 aromatic rings. The van der Waals surface area contributed by atoms with Crippen LogP contribution in [-0.2, 0) is 20.4 Å². The first-order valence-corrected chi connectivity index (χ1v) is 13.0. The molecular formula is C31H38N4O4. The smallest absolute Gasteiger partial charge is 0.370 e. The molecule has 8 nitrogen and oxygen atoms in total. The molecule has 1 N–H and O–H groups in total. The van der Waals surface area contributed by atoms with E-state index < -0.39 is 22.8 Å². The zero-order valence-corrected chi connectivity index (χ0v) is 24.1. The quantitative estimate of drug-likeness (QED) is 0.524. The third kappa shape index (κ3) is 4.91. The fourth-order valence-corrected chi connectivity index (χ4v) is 5.72. The maximum Gasteiger partial charge on any atom is 0.370 e. The molecule has 2 aliphatic heterocycles. The number of benzene rings is 2. The second kappa shape index (κ2) is 9.91. The number of anilines is 3. The van der Waals surface area contributed by atoms with E-state index >= 15 is 0 Å². The Labute approximate surface area is 230 Å². The molecule has 39 heavy (non-hydrogen) atoms. The van der Waals surface area contributed by atoms with Crippen LogP contribution in [0, 0.1) is 0 Å². The molecule has 0 aliphatic carbocycles. The summed E-state index contributed by atoms with van der Waals surface area (Å²) in [5, 5.41) is 21.4. The van der Waals surface area contributed by atoms with Gasteiger partial charge in [-0.1, -0.05) is 19.9 Å². The van der Waals surface area contributed by atoms with Crippen molar-refractivity contribution in [2.45, 2.75) is 38.5 Å². The topological polar surface area (TPSA) is 90.2 Å². The SMILES string of the molecule is CN(C)c1ccc2c(c1)C(C)(C)C(/C=C/C=C1/N(CC(=O)[O-])c3ccc(N(C)C)cc3C1(C)C)=[N+]2CC(=O)O. The number of carbonyl (C=O) groups is 2. The largest absolute Gasteiger partial charge is 0.548 e. The van der Waals surface area contributed by atoms with Crippen LogP contribution in [0.25, 0.3) is 0 Å². The predicted octanol–water partition coefficient (Wildman–Crippen LogP) is 3.27. The first-order chi connectivity index (χ1) is 18.2. The number of allylic oxidation sites excluding steroid dienone is 4. The van der Waals surface area contributed by atoms with E-state index in [1.807, 2.05) is 85.1 Å². The minimum Gasteiger partial charge on any atom is -0.548 e. The summed E-state index contributed by atoms with van der Waals surface area (Å²) < 4.78 is 1.85. The van der Waals surface area contributed by atoms with Crippen LogP contribution >= 0.6 is 0 Å². The van der Waals surface area contributed by atoms with E-state index in [1.165, 1.54) is 0 Å². The lowest BCUT2D eigenvalue weighted by atomic mass is 9.81. The molecule has 2 aromatic carbocycles. The van der Waals surface area contributed by atoms with Crippen LogP contribution in [0.4, 0.5) is 22.7 Å². The second-order valence-electron chi connectivity index (χ2n) is 11.7. The van der Waals surface area contributed by atoms with Crippen molar-refractivity contribution in [1.29, 1.82) is 0 Å². The molecule has 2 aliphatic rings. The number of hydrogen-bond donors (Lipinski definition) is 1. The number of rotatable bonds is 8. The molecule has 0 unspecified atom stereocenters. The zero-order chi connectivity index (χ0) is 28.9. The van der Waals surface area contributed by atoms with Crippen LogP contribution in [0.5, 0.6) is 0 Å². The van der Waals surface area contributed by atoms with E-state index in [0.29, 0.717) is 0 Å².